The molecule has 2 rings (SSSR count). The summed E-state index contributed by atoms with van der Waals surface area (Å²) in [4.78, 5) is 24.0. The smallest absolute Gasteiger partial charge is 0.257 e. The van der Waals surface area contributed by atoms with Crippen LogP contribution in [0.1, 0.15) is 21.5 Å². The Morgan fingerprint density at radius 3 is 2.57 bits per heavy atom. The number of amides is 2. The normalized spacial score (nSPS) is 10.6. The Labute approximate surface area is 179 Å². The van der Waals surface area contributed by atoms with E-state index in [1.807, 2.05) is 6.07 Å². The fourth-order valence-electron chi connectivity index (χ4n) is 2.39. The number of nitriles is 1. The predicted octanol–water partition coefficient (Wildman–Crippen LogP) is 1.64. The van der Waals surface area contributed by atoms with E-state index in [1.165, 1.54) is 31.3 Å². The molecule has 0 heterocycles. The Morgan fingerprint density at radius 1 is 1.20 bits per heavy atom. The fraction of sp³-hybridized carbons (Fsp3) is 0.211. The van der Waals surface area contributed by atoms with Crippen LogP contribution in [0.15, 0.2) is 36.4 Å². The third-order valence-corrected chi connectivity index (χ3v) is 4.56. The molecule has 158 valence electrons. The number of hydrogen-bond acceptors (Lipinski definition) is 6. The second-order valence-corrected chi connectivity index (χ2v) is 8.37. The minimum Gasteiger partial charge on any atom is -0.483 e. The van der Waals surface area contributed by atoms with Crippen LogP contribution in [-0.2, 0) is 21.4 Å². The number of rotatable bonds is 8. The van der Waals surface area contributed by atoms with Crippen molar-refractivity contribution in [3.63, 3.8) is 0 Å². The van der Waals surface area contributed by atoms with Gasteiger partial charge in [0.15, 0.2) is 6.61 Å². The standard InChI is InChI=1S/C19H19ClN4O5S/c1-22-18(25)11-29-17-5-12(9-21)3-4-13(17)10-23-19(26)14-6-15(20)8-16(7-14)24-30(2,27)28/h3-8,24H,10-11H2,1-2H3,(H,22,25)(H,23,26). The Morgan fingerprint density at radius 2 is 1.93 bits per heavy atom. The zero-order valence-corrected chi connectivity index (χ0v) is 17.7. The first-order valence-electron chi connectivity index (χ1n) is 8.54. The van der Waals surface area contributed by atoms with Crippen molar-refractivity contribution in [2.75, 3.05) is 24.6 Å². The van der Waals surface area contributed by atoms with Gasteiger partial charge in [-0.1, -0.05) is 17.7 Å². The van der Waals surface area contributed by atoms with Gasteiger partial charge in [-0.3, -0.25) is 14.3 Å². The van der Waals surface area contributed by atoms with Gasteiger partial charge >= 0.3 is 0 Å². The molecule has 0 aliphatic heterocycles. The maximum atomic E-state index is 12.5. The number of nitrogens with one attached hydrogen (secondary N) is 3. The van der Waals surface area contributed by atoms with Crippen LogP contribution < -0.4 is 20.1 Å². The molecule has 0 fully saturated rings. The molecule has 0 aromatic heterocycles. The van der Waals surface area contributed by atoms with Crippen LogP contribution in [0.4, 0.5) is 5.69 Å². The van der Waals surface area contributed by atoms with Gasteiger partial charge in [-0.25, -0.2) is 8.42 Å². The Kier molecular flexibility index (Phi) is 7.63. The van der Waals surface area contributed by atoms with Crippen LogP contribution in [0, 0.1) is 11.3 Å². The minimum atomic E-state index is -3.54. The fourth-order valence-corrected chi connectivity index (χ4v) is 3.17. The van der Waals surface area contributed by atoms with E-state index in [4.69, 9.17) is 21.6 Å². The zero-order chi connectivity index (χ0) is 22.3. The Balaban J connectivity index is 2.17. The van der Waals surface area contributed by atoms with Crippen LogP contribution in [-0.4, -0.2) is 40.1 Å². The summed E-state index contributed by atoms with van der Waals surface area (Å²) in [5.41, 5.74) is 1.18. The average molecular weight is 451 g/mol. The summed E-state index contributed by atoms with van der Waals surface area (Å²) in [6.07, 6.45) is 0.985. The summed E-state index contributed by atoms with van der Waals surface area (Å²) in [5, 5.41) is 14.3. The summed E-state index contributed by atoms with van der Waals surface area (Å²) >= 11 is 5.98. The highest BCUT2D eigenvalue weighted by Gasteiger charge is 2.13. The van der Waals surface area contributed by atoms with Gasteiger partial charge in [-0.2, -0.15) is 5.26 Å². The molecule has 11 heteroatoms. The van der Waals surface area contributed by atoms with E-state index < -0.39 is 15.9 Å². The molecule has 30 heavy (non-hydrogen) atoms. The quantitative estimate of drug-likeness (QED) is 0.559. The third kappa shape index (κ3) is 6.95. The first-order chi connectivity index (χ1) is 14.1. The zero-order valence-electron chi connectivity index (χ0n) is 16.2. The average Bonchev–Trinajstić information content (AvgIpc) is 2.68. The molecular weight excluding hydrogens is 432 g/mol. The molecule has 0 radical (unpaired) electrons. The van der Waals surface area contributed by atoms with Gasteiger partial charge in [-0.05, 0) is 30.3 Å². The van der Waals surface area contributed by atoms with Gasteiger partial charge in [0.05, 0.1) is 23.6 Å². The molecule has 0 spiro atoms. The number of halogens is 1. The summed E-state index contributed by atoms with van der Waals surface area (Å²) in [5.74, 6) is -0.573. The van der Waals surface area contributed by atoms with Crippen LogP contribution in [0.2, 0.25) is 5.02 Å². The molecule has 9 nitrogen and oxygen atoms in total. The van der Waals surface area contributed by atoms with E-state index in [-0.39, 0.29) is 41.1 Å². The molecule has 2 aromatic rings. The number of hydrogen-bond donors (Lipinski definition) is 3. The number of carbonyl (C=O) groups is 2. The highest BCUT2D eigenvalue weighted by Crippen LogP contribution is 2.22. The summed E-state index contributed by atoms with van der Waals surface area (Å²) in [7, 11) is -2.07. The van der Waals surface area contributed by atoms with Crippen molar-refractivity contribution in [1.29, 1.82) is 5.26 Å². The van der Waals surface area contributed by atoms with Crippen molar-refractivity contribution in [2.45, 2.75) is 6.54 Å². The number of nitrogens with zero attached hydrogens (tertiary/aromatic N) is 1. The van der Waals surface area contributed by atoms with E-state index >= 15 is 0 Å². The number of benzene rings is 2. The predicted molar refractivity (Wildman–Crippen MR) is 112 cm³/mol. The molecule has 0 bridgehead atoms. The summed E-state index contributed by atoms with van der Waals surface area (Å²) < 4.78 is 30.5. The van der Waals surface area contributed by atoms with E-state index in [0.29, 0.717) is 11.1 Å². The maximum Gasteiger partial charge on any atom is 0.257 e. The van der Waals surface area contributed by atoms with Crippen molar-refractivity contribution < 1.29 is 22.7 Å². The largest absolute Gasteiger partial charge is 0.483 e. The first kappa shape index (κ1) is 23.0. The van der Waals surface area contributed by atoms with E-state index in [1.54, 1.807) is 12.1 Å². The van der Waals surface area contributed by atoms with Crippen LogP contribution >= 0.6 is 11.6 Å². The van der Waals surface area contributed by atoms with Crippen LogP contribution in [0.3, 0.4) is 0 Å². The van der Waals surface area contributed by atoms with Gasteiger partial charge in [0.2, 0.25) is 10.0 Å². The molecule has 2 amide bonds. The number of likely N-dealkylation sites (N-methyl/N-ethyl adjacent to an activating group) is 1. The highest BCUT2D eigenvalue weighted by atomic mass is 35.5. The topological polar surface area (TPSA) is 137 Å². The van der Waals surface area contributed by atoms with Gasteiger partial charge in [-0.15, -0.1) is 0 Å². The molecule has 3 N–H and O–H groups in total. The van der Waals surface area contributed by atoms with Crippen LogP contribution in [0.25, 0.3) is 0 Å². The molecule has 0 aliphatic rings. The third-order valence-electron chi connectivity index (χ3n) is 3.74. The lowest BCUT2D eigenvalue weighted by atomic mass is 10.1. The van der Waals surface area contributed by atoms with Crippen molar-refractivity contribution >= 4 is 39.1 Å². The van der Waals surface area contributed by atoms with Crippen molar-refractivity contribution in [2.24, 2.45) is 0 Å². The lowest BCUT2D eigenvalue weighted by Gasteiger charge is -2.13. The number of ether oxygens (including phenoxy) is 1. The molecule has 0 aliphatic carbocycles. The van der Waals surface area contributed by atoms with E-state index in [9.17, 15) is 18.0 Å². The Bertz CT molecular complexity index is 1110. The number of anilines is 1. The van der Waals surface area contributed by atoms with Crippen molar-refractivity contribution in [3.8, 4) is 11.8 Å². The van der Waals surface area contributed by atoms with Crippen molar-refractivity contribution in [3.05, 3.63) is 58.1 Å². The summed E-state index contributed by atoms with van der Waals surface area (Å²) in [6, 6.07) is 10.7. The number of carbonyl (C=O) groups excluding carboxylic acids is 2. The second kappa shape index (κ2) is 9.96. The molecule has 0 unspecified atom stereocenters. The molecule has 0 saturated carbocycles. The lowest BCUT2D eigenvalue weighted by molar-refractivity contribution is -0.122. The highest BCUT2D eigenvalue weighted by molar-refractivity contribution is 7.92. The molecule has 0 saturated heterocycles. The molecular formula is C19H19ClN4O5S. The second-order valence-electron chi connectivity index (χ2n) is 6.18. The monoisotopic (exact) mass is 450 g/mol. The SMILES string of the molecule is CNC(=O)COc1cc(C#N)ccc1CNC(=O)c1cc(Cl)cc(NS(C)(=O)=O)c1. The van der Waals surface area contributed by atoms with E-state index in [0.717, 1.165) is 6.26 Å². The van der Waals surface area contributed by atoms with Crippen molar-refractivity contribution in [1.82, 2.24) is 10.6 Å². The van der Waals surface area contributed by atoms with Crippen LogP contribution in [0.5, 0.6) is 5.75 Å². The van der Waals surface area contributed by atoms with Gasteiger partial charge in [0.25, 0.3) is 11.8 Å². The first-order valence-corrected chi connectivity index (χ1v) is 10.8. The Hall–Kier alpha value is -3.29. The van der Waals surface area contributed by atoms with Gasteiger partial charge < -0.3 is 15.4 Å². The molecule has 2 aromatic carbocycles. The number of sulfonamides is 1. The summed E-state index contributed by atoms with van der Waals surface area (Å²) in [6.45, 7) is -0.212. The van der Waals surface area contributed by atoms with Gasteiger partial charge in [0, 0.05) is 29.7 Å². The molecule has 0 atom stereocenters. The maximum absolute atomic E-state index is 12.5. The minimum absolute atomic E-state index is 0.0367. The lowest BCUT2D eigenvalue weighted by Crippen LogP contribution is -2.26. The van der Waals surface area contributed by atoms with Gasteiger partial charge in [0.1, 0.15) is 5.75 Å². The van der Waals surface area contributed by atoms with E-state index in [2.05, 4.69) is 15.4 Å².